The first-order valence-electron chi connectivity index (χ1n) is 13.9. The van der Waals surface area contributed by atoms with Gasteiger partial charge in [-0.05, 0) is 77.6 Å². The number of nitrogens with zero attached hydrogens (tertiary/aromatic N) is 1. The standard InChI is InChI=1S/C28H51NO6/c1-2-3-4-5-6-7-8-9-10-11-15-22-29(23-16-12-19-26(30)31,24-17-13-20-27(32)33)25-18-14-21-28(34)35/h2-3H,4-25H2,1H3,(H2-,30,31,32,33,34,35)/b3-2+. The molecule has 0 bridgehead atoms. The maximum atomic E-state index is 10.9. The molecule has 0 spiro atoms. The van der Waals surface area contributed by atoms with Crippen molar-refractivity contribution in [3.05, 3.63) is 12.2 Å². The van der Waals surface area contributed by atoms with E-state index >= 15 is 0 Å². The second-order valence-electron chi connectivity index (χ2n) is 9.95. The van der Waals surface area contributed by atoms with Crippen molar-refractivity contribution in [1.29, 1.82) is 0 Å². The highest BCUT2D eigenvalue weighted by atomic mass is 16.4. The summed E-state index contributed by atoms with van der Waals surface area (Å²) in [5.74, 6) is -2.58. The number of rotatable bonds is 26. The lowest BCUT2D eigenvalue weighted by atomic mass is 10.1. The Morgan fingerprint density at radius 3 is 1.37 bits per heavy atom. The van der Waals surface area contributed by atoms with Crippen LogP contribution in [0.4, 0.5) is 0 Å². The molecule has 204 valence electrons. The molecular formula is C28H51NO6. The van der Waals surface area contributed by atoms with Gasteiger partial charge in [-0.1, -0.05) is 44.3 Å². The van der Waals surface area contributed by atoms with Crippen LogP contribution in [0.2, 0.25) is 0 Å². The van der Waals surface area contributed by atoms with Crippen LogP contribution in [0.3, 0.4) is 0 Å². The molecule has 0 aromatic heterocycles. The van der Waals surface area contributed by atoms with Gasteiger partial charge in [0.1, 0.15) is 0 Å². The molecule has 0 atom stereocenters. The normalized spacial score (nSPS) is 11.8. The van der Waals surface area contributed by atoms with Gasteiger partial charge < -0.3 is 24.6 Å². The van der Waals surface area contributed by atoms with Gasteiger partial charge in [0.25, 0.3) is 0 Å². The lowest BCUT2D eigenvalue weighted by Gasteiger charge is -2.39. The summed E-state index contributed by atoms with van der Waals surface area (Å²) in [6.07, 6.45) is 20.1. The molecule has 0 aliphatic rings. The highest BCUT2D eigenvalue weighted by Gasteiger charge is 2.26. The average molecular weight is 498 g/mol. The Balaban J connectivity index is 4.69. The summed E-state index contributed by atoms with van der Waals surface area (Å²) in [7, 11) is 0. The first-order chi connectivity index (χ1) is 16.8. The van der Waals surface area contributed by atoms with E-state index in [1.165, 1.54) is 51.4 Å². The van der Waals surface area contributed by atoms with Crippen LogP contribution in [0.1, 0.15) is 122 Å². The van der Waals surface area contributed by atoms with Gasteiger partial charge in [-0.3, -0.25) is 9.59 Å². The van der Waals surface area contributed by atoms with Crippen LogP contribution < -0.4 is 5.11 Å². The van der Waals surface area contributed by atoms with E-state index in [4.69, 9.17) is 10.2 Å². The van der Waals surface area contributed by atoms with Gasteiger partial charge in [0.05, 0.1) is 26.2 Å². The summed E-state index contributed by atoms with van der Waals surface area (Å²) in [6, 6.07) is 0. The Labute approximate surface area is 213 Å². The Kier molecular flexibility index (Phi) is 21.3. The molecule has 0 radical (unpaired) electrons. The predicted molar refractivity (Wildman–Crippen MR) is 138 cm³/mol. The molecule has 0 aromatic carbocycles. The van der Waals surface area contributed by atoms with E-state index in [1.54, 1.807) is 0 Å². The van der Waals surface area contributed by atoms with Gasteiger partial charge in [-0.2, -0.15) is 0 Å². The van der Waals surface area contributed by atoms with E-state index in [1.807, 2.05) is 0 Å². The molecule has 0 aliphatic carbocycles. The minimum atomic E-state index is -1.02. The lowest BCUT2D eigenvalue weighted by Crippen LogP contribution is -2.51. The van der Waals surface area contributed by atoms with Crippen molar-refractivity contribution >= 4 is 17.9 Å². The van der Waals surface area contributed by atoms with Crippen molar-refractivity contribution in [3.63, 3.8) is 0 Å². The zero-order chi connectivity index (χ0) is 26.2. The van der Waals surface area contributed by atoms with Gasteiger partial charge in [-0.15, -0.1) is 0 Å². The molecule has 0 aliphatic heterocycles. The maximum absolute atomic E-state index is 10.9. The zero-order valence-corrected chi connectivity index (χ0v) is 22.2. The number of carboxylic acids is 3. The van der Waals surface area contributed by atoms with Gasteiger partial charge in [0.2, 0.25) is 0 Å². The fourth-order valence-electron chi connectivity index (χ4n) is 4.77. The van der Waals surface area contributed by atoms with Crippen molar-refractivity contribution in [1.82, 2.24) is 0 Å². The minimum Gasteiger partial charge on any atom is -0.550 e. The van der Waals surface area contributed by atoms with Gasteiger partial charge >= 0.3 is 11.9 Å². The fourth-order valence-corrected chi connectivity index (χ4v) is 4.77. The quantitative estimate of drug-likeness (QED) is 0.0949. The maximum Gasteiger partial charge on any atom is 0.303 e. The van der Waals surface area contributed by atoms with Gasteiger partial charge in [0.15, 0.2) is 0 Å². The summed E-state index contributed by atoms with van der Waals surface area (Å²) in [6.45, 7) is 5.66. The highest BCUT2D eigenvalue weighted by Crippen LogP contribution is 2.19. The number of unbranched alkanes of at least 4 members (excludes halogenated alkanes) is 11. The SMILES string of the molecule is C/C=C/CCCCCCCCCC[N+](CCCCC(=O)[O-])(CCCCC(=O)O)CCCCC(=O)O. The molecule has 0 saturated heterocycles. The molecular weight excluding hydrogens is 446 g/mol. The topological polar surface area (TPSA) is 115 Å². The van der Waals surface area contributed by atoms with Crippen molar-refractivity contribution in [2.75, 3.05) is 26.2 Å². The van der Waals surface area contributed by atoms with Crippen LogP contribution in [-0.2, 0) is 14.4 Å². The Bertz CT molecular complexity index is 535. The molecule has 7 nitrogen and oxygen atoms in total. The van der Waals surface area contributed by atoms with Crippen molar-refractivity contribution in [2.24, 2.45) is 0 Å². The Morgan fingerprint density at radius 1 is 0.600 bits per heavy atom. The lowest BCUT2D eigenvalue weighted by molar-refractivity contribution is -0.929. The van der Waals surface area contributed by atoms with Crippen LogP contribution in [0.15, 0.2) is 12.2 Å². The highest BCUT2D eigenvalue weighted by molar-refractivity contribution is 5.66. The predicted octanol–water partition coefficient (Wildman–Crippen LogP) is 5.32. The third-order valence-corrected chi connectivity index (χ3v) is 6.80. The molecule has 0 heterocycles. The second-order valence-corrected chi connectivity index (χ2v) is 9.95. The van der Waals surface area contributed by atoms with Crippen molar-refractivity contribution in [2.45, 2.75) is 122 Å². The van der Waals surface area contributed by atoms with E-state index in [0.717, 1.165) is 56.3 Å². The van der Waals surface area contributed by atoms with E-state index in [0.29, 0.717) is 19.3 Å². The first kappa shape index (κ1) is 33.1. The minimum absolute atomic E-state index is 0.0623. The van der Waals surface area contributed by atoms with Crippen LogP contribution >= 0.6 is 0 Å². The zero-order valence-electron chi connectivity index (χ0n) is 22.2. The Hall–Kier alpha value is -1.89. The van der Waals surface area contributed by atoms with Crippen molar-refractivity contribution in [3.8, 4) is 0 Å². The molecule has 0 rings (SSSR count). The molecule has 0 fully saturated rings. The van der Waals surface area contributed by atoms with Gasteiger partial charge in [-0.25, -0.2) is 0 Å². The molecule has 0 amide bonds. The number of carboxylic acid groups (broad SMARTS) is 3. The molecule has 0 aromatic rings. The number of hydrogen-bond acceptors (Lipinski definition) is 4. The first-order valence-corrected chi connectivity index (χ1v) is 13.9. The van der Waals surface area contributed by atoms with Crippen LogP contribution in [0.5, 0.6) is 0 Å². The summed E-state index contributed by atoms with van der Waals surface area (Å²) >= 11 is 0. The second kappa shape index (κ2) is 22.6. The molecule has 0 saturated carbocycles. The number of aliphatic carboxylic acids is 3. The average Bonchev–Trinajstić information content (AvgIpc) is 2.80. The van der Waals surface area contributed by atoms with E-state index in [2.05, 4.69) is 19.1 Å². The van der Waals surface area contributed by atoms with Crippen molar-refractivity contribution < 1.29 is 34.2 Å². The van der Waals surface area contributed by atoms with Crippen LogP contribution in [-0.4, -0.2) is 58.8 Å². The number of quaternary nitrogens is 1. The third-order valence-electron chi connectivity index (χ3n) is 6.80. The van der Waals surface area contributed by atoms with E-state index in [-0.39, 0.29) is 19.3 Å². The molecule has 2 N–H and O–H groups in total. The number of carbonyl (C=O) groups is 3. The summed E-state index contributed by atoms with van der Waals surface area (Å²) in [5, 5.41) is 28.8. The molecule has 35 heavy (non-hydrogen) atoms. The van der Waals surface area contributed by atoms with Crippen LogP contribution in [0, 0.1) is 0 Å². The summed E-state index contributed by atoms with van der Waals surface area (Å²) in [4.78, 5) is 32.7. The monoisotopic (exact) mass is 497 g/mol. The third kappa shape index (κ3) is 22.3. The smallest absolute Gasteiger partial charge is 0.303 e. The molecule has 0 unspecified atom stereocenters. The number of allylic oxidation sites excluding steroid dienone is 2. The molecule has 7 heteroatoms. The summed E-state index contributed by atoms with van der Waals surface area (Å²) < 4.78 is 0.844. The van der Waals surface area contributed by atoms with Gasteiger partial charge in [0, 0.05) is 18.8 Å². The Morgan fingerprint density at radius 2 is 0.971 bits per heavy atom. The van der Waals surface area contributed by atoms with E-state index in [9.17, 15) is 19.5 Å². The van der Waals surface area contributed by atoms with Crippen LogP contribution in [0.25, 0.3) is 0 Å². The number of hydrogen-bond donors (Lipinski definition) is 2. The summed E-state index contributed by atoms with van der Waals surface area (Å²) in [5.41, 5.74) is 0. The van der Waals surface area contributed by atoms with E-state index < -0.39 is 17.9 Å². The number of carbonyl (C=O) groups excluding carboxylic acids is 1. The fraction of sp³-hybridized carbons (Fsp3) is 0.821. The largest absolute Gasteiger partial charge is 0.550 e.